The molecule has 0 radical (unpaired) electrons. The summed E-state index contributed by atoms with van der Waals surface area (Å²) in [5.74, 6) is 0.284. The number of anilines is 1. The van der Waals surface area contributed by atoms with Crippen molar-refractivity contribution in [1.82, 2.24) is 14.7 Å². The molecule has 1 saturated heterocycles. The van der Waals surface area contributed by atoms with Gasteiger partial charge in [0.1, 0.15) is 17.7 Å². The van der Waals surface area contributed by atoms with Crippen molar-refractivity contribution in [3.05, 3.63) is 47.4 Å². The van der Waals surface area contributed by atoms with E-state index in [0.29, 0.717) is 24.5 Å². The monoisotopic (exact) mass is 448 g/mol. The molecule has 1 unspecified atom stereocenters. The van der Waals surface area contributed by atoms with Gasteiger partial charge < -0.3 is 10.2 Å². The fraction of sp³-hybridized carbons (Fsp3) is 0.583. The molecule has 0 saturated carbocycles. The predicted octanol–water partition coefficient (Wildman–Crippen LogP) is 4.79. The fourth-order valence-electron chi connectivity index (χ4n) is 4.75. The van der Waals surface area contributed by atoms with Gasteiger partial charge in [-0.25, -0.2) is 17.9 Å². The van der Waals surface area contributed by atoms with Crippen LogP contribution in [0.2, 0.25) is 0 Å². The molecule has 0 bridgehead atoms. The summed E-state index contributed by atoms with van der Waals surface area (Å²) in [7, 11) is 0. The molecule has 1 N–H and O–H groups in total. The van der Waals surface area contributed by atoms with Gasteiger partial charge in [0.25, 0.3) is 6.43 Å². The Labute approximate surface area is 187 Å². The minimum atomic E-state index is -2.51. The van der Waals surface area contributed by atoms with E-state index in [1.54, 1.807) is 17.0 Å². The number of likely N-dealkylation sites (tertiary alicyclic amines) is 1. The van der Waals surface area contributed by atoms with Gasteiger partial charge in [0.2, 0.25) is 5.91 Å². The van der Waals surface area contributed by atoms with E-state index < -0.39 is 12.5 Å². The Bertz CT molecular complexity index is 968. The number of carbonyl (C=O) groups is 1. The third kappa shape index (κ3) is 4.79. The first-order valence-electron chi connectivity index (χ1n) is 11.3. The standard InChI is InChI=1S/C24H31F3N4O/c1-24(2,3)20-13-21-28-18(12-19(23(26)27)31(21)29-20)16-7-5-9-30(14-16)22(32)11-15-6-4-8-17(25)10-15/h4,6,8,10,13,16,18-19,23,28H,5,7,9,11-12,14H2,1-3H3/t16?,18-,19+/m0/s1. The van der Waals surface area contributed by atoms with Gasteiger partial charge >= 0.3 is 0 Å². The van der Waals surface area contributed by atoms with Gasteiger partial charge in [-0.1, -0.05) is 32.9 Å². The van der Waals surface area contributed by atoms with Crippen LogP contribution in [-0.4, -0.2) is 46.1 Å². The maximum absolute atomic E-state index is 13.9. The molecule has 4 rings (SSSR count). The van der Waals surface area contributed by atoms with E-state index in [-0.39, 0.29) is 41.9 Å². The van der Waals surface area contributed by atoms with Crippen molar-refractivity contribution in [1.29, 1.82) is 0 Å². The number of fused-ring (bicyclic) bond motifs is 1. The summed E-state index contributed by atoms with van der Waals surface area (Å²) in [5.41, 5.74) is 1.19. The summed E-state index contributed by atoms with van der Waals surface area (Å²) in [4.78, 5) is 14.6. The highest BCUT2D eigenvalue weighted by Crippen LogP contribution is 2.38. The molecular weight excluding hydrogens is 417 g/mol. The molecule has 1 aromatic heterocycles. The number of aromatic nitrogens is 2. The van der Waals surface area contributed by atoms with E-state index in [2.05, 4.69) is 10.4 Å². The minimum absolute atomic E-state index is 0.0541. The summed E-state index contributed by atoms with van der Waals surface area (Å²) in [6.45, 7) is 7.20. The normalized spacial score (nSPS) is 23.7. The van der Waals surface area contributed by atoms with Gasteiger partial charge in [-0.15, -0.1) is 0 Å². The molecule has 3 heterocycles. The third-order valence-corrected chi connectivity index (χ3v) is 6.56. The number of amides is 1. The van der Waals surface area contributed by atoms with Crippen LogP contribution in [-0.2, 0) is 16.6 Å². The summed E-state index contributed by atoms with van der Waals surface area (Å²) in [6.07, 6.45) is -0.405. The molecule has 2 aromatic rings. The maximum Gasteiger partial charge on any atom is 0.260 e. The van der Waals surface area contributed by atoms with Crippen molar-refractivity contribution in [2.24, 2.45) is 5.92 Å². The number of rotatable bonds is 4. The van der Waals surface area contributed by atoms with Crippen molar-refractivity contribution in [3.63, 3.8) is 0 Å². The molecule has 5 nitrogen and oxygen atoms in total. The highest BCUT2D eigenvalue weighted by molar-refractivity contribution is 5.78. The van der Waals surface area contributed by atoms with Crippen molar-refractivity contribution in [2.45, 2.75) is 70.4 Å². The van der Waals surface area contributed by atoms with Crippen molar-refractivity contribution >= 4 is 11.7 Å². The topological polar surface area (TPSA) is 50.2 Å². The number of hydrogen-bond acceptors (Lipinski definition) is 3. The Hall–Kier alpha value is -2.51. The van der Waals surface area contributed by atoms with Crippen LogP contribution < -0.4 is 5.32 Å². The Kier molecular flexibility index (Phi) is 6.23. The Balaban J connectivity index is 1.48. The molecule has 2 aliphatic rings. The zero-order valence-electron chi connectivity index (χ0n) is 18.8. The highest BCUT2D eigenvalue weighted by Gasteiger charge is 2.39. The van der Waals surface area contributed by atoms with Crippen LogP contribution >= 0.6 is 0 Å². The number of halogens is 3. The van der Waals surface area contributed by atoms with Crippen molar-refractivity contribution in [3.8, 4) is 0 Å². The third-order valence-electron chi connectivity index (χ3n) is 6.56. The first-order chi connectivity index (χ1) is 15.1. The number of carbonyl (C=O) groups excluding carboxylic acids is 1. The van der Waals surface area contributed by atoms with E-state index in [4.69, 9.17) is 0 Å². The van der Waals surface area contributed by atoms with Gasteiger partial charge in [0.15, 0.2) is 0 Å². The number of benzene rings is 1. The lowest BCUT2D eigenvalue weighted by atomic mass is 9.85. The molecule has 8 heteroatoms. The van der Waals surface area contributed by atoms with Gasteiger partial charge in [0, 0.05) is 30.6 Å². The number of hydrogen-bond donors (Lipinski definition) is 1. The first kappa shape index (κ1) is 22.7. The molecule has 0 aliphatic carbocycles. The molecule has 174 valence electrons. The lowest BCUT2D eigenvalue weighted by Gasteiger charge is -2.41. The molecule has 0 spiro atoms. The van der Waals surface area contributed by atoms with Crippen LogP contribution in [0.4, 0.5) is 19.0 Å². The van der Waals surface area contributed by atoms with Gasteiger partial charge in [-0.3, -0.25) is 4.79 Å². The molecule has 32 heavy (non-hydrogen) atoms. The van der Waals surface area contributed by atoms with E-state index in [1.807, 2.05) is 26.8 Å². The molecule has 2 aliphatic heterocycles. The molecule has 1 amide bonds. The summed E-state index contributed by atoms with van der Waals surface area (Å²) < 4.78 is 42.8. The first-order valence-corrected chi connectivity index (χ1v) is 11.3. The zero-order valence-corrected chi connectivity index (χ0v) is 18.8. The zero-order chi connectivity index (χ0) is 23.0. The number of piperidine rings is 1. The second-order valence-corrected chi connectivity index (χ2v) is 10.0. The average molecular weight is 449 g/mol. The SMILES string of the molecule is CC(C)(C)c1cc2n(n1)[C@@H](C(F)F)C[C@@H](C1CCCN(C(=O)Cc3cccc(F)c3)C1)N2. The molecular formula is C24H31F3N4O. The van der Waals surface area contributed by atoms with Gasteiger partial charge in [-0.2, -0.15) is 5.10 Å². The molecule has 1 fully saturated rings. The van der Waals surface area contributed by atoms with Crippen LogP contribution in [0.1, 0.15) is 57.3 Å². The Morgan fingerprint density at radius 2 is 2.06 bits per heavy atom. The molecule has 3 atom stereocenters. The fourth-order valence-corrected chi connectivity index (χ4v) is 4.75. The average Bonchev–Trinajstić information content (AvgIpc) is 3.18. The minimum Gasteiger partial charge on any atom is -0.367 e. The van der Waals surface area contributed by atoms with E-state index in [9.17, 15) is 18.0 Å². The highest BCUT2D eigenvalue weighted by atomic mass is 19.3. The van der Waals surface area contributed by atoms with Crippen LogP contribution in [0, 0.1) is 11.7 Å². The van der Waals surface area contributed by atoms with Crippen LogP contribution in [0.15, 0.2) is 30.3 Å². The maximum atomic E-state index is 13.9. The quantitative estimate of drug-likeness (QED) is 0.732. The van der Waals surface area contributed by atoms with E-state index >= 15 is 0 Å². The smallest absolute Gasteiger partial charge is 0.260 e. The number of alkyl halides is 2. The van der Waals surface area contributed by atoms with Crippen LogP contribution in [0.25, 0.3) is 0 Å². The summed E-state index contributed by atoms with van der Waals surface area (Å²) >= 11 is 0. The van der Waals surface area contributed by atoms with E-state index in [0.717, 1.165) is 18.5 Å². The predicted molar refractivity (Wildman–Crippen MR) is 117 cm³/mol. The second kappa shape index (κ2) is 8.79. The lowest BCUT2D eigenvalue weighted by molar-refractivity contribution is -0.132. The van der Waals surface area contributed by atoms with Crippen LogP contribution in [0.3, 0.4) is 0 Å². The number of nitrogens with zero attached hydrogens (tertiary/aromatic N) is 3. The van der Waals surface area contributed by atoms with Crippen LogP contribution in [0.5, 0.6) is 0 Å². The summed E-state index contributed by atoms with van der Waals surface area (Å²) in [5, 5.41) is 7.92. The van der Waals surface area contributed by atoms with Crippen molar-refractivity contribution in [2.75, 3.05) is 18.4 Å². The largest absolute Gasteiger partial charge is 0.367 e. The van der Waals surface area contributed by atoms with Gasteiger partial charge in [-0.05, 0) is 42.9 Å². The number of nitrogens with one attached hydrogen (secondary N) is 1. The van der Waals surface area contributed by atoms with Crippen molar-refractivity contribution < 1.29 is 18.0 Å². The van der Waals surface area contributed by atoms with E-state index in [1.165, 1.54) is 16.8 Å². The summed E-state index contributed by atoms with van der Waals surface area (Å²) in [6, 6.07) is 6.81. The Morgan fingerprint density at radius 1 is 1.28 bits per heavy atom. The molecule has 1 aromatic carbocycles. The lowest BCUT2D eigenvalue weighted by Crippen LogP contribution is -2.48. The Morgan fingerprint density at radius 3 is 2.75 bits per heavy atom. The second-order valence-electron chi connectivity index (χ2n) is 10.0. The van der Waals surface area contributed by atoms with Gasteiger partial charge in [0.05, 0.1) is 12.1 Å².